The van der Waals surface area contributed by atoms with Crippen molar-refractivity contribution in [1.82, 2.24) is 10.2 Å². The molecule has 4 nitrogen and oxygen atoms in total. The highest BCUT2D eigenvalue weighted by Crippen LogP contribution is 2.10. The molecule has 1 rings (SSSR count). The smallest absolute Gasteiger partial charge is 0.129 e. The van der Waals surface area contributed by atoms with Gasteiger partial charge in [0.05, 0.1) is 17.2 Å². The fourth-order valence-corrected chi connectivity index (χ4v) is 1.96. The van der Waals surface area contributed by atoms with Crippen LogP contribution in [0.25, 0.3) is 0 Å². The van der Waals surface area contributed by atoms with Crippen LogP contribution >= 0.6 is 0 Å². The third-order valence-corrected chi connectivity index (χ3v) is 2.66. The van der Waals surface area contributed by atoms with Crippen LogP contribution in [0.4, 0.5) is 4.39 Å². The van der Waals surface area contributed by atoms with Crippen molar-refractivity contribution in [3.05, 3.63) is 35.1 Å². The van der Waals surface area contributed by atoms with Gasteiger partial charge in [0, 0.05) is 25.2 Å². The van der Waals surface area contributed by atoms with Crippen LogP contribution in [0, 0.1) is 17.1 Å². The fourth-order valence-electron chi connectivity index (χ4n) is 1.96. The maximum Gasteiger partial charge on any atom is 0.129 e. The number of halogens is 1. The first kappa shape index (κ1) is 15.6. The van der Waals surface area contributed by atoms with Gasteiger partial charge in [-0.05, 0) is 33.2 Å². The van der Waals surface area contributed by atoms with Crippen molar-refractivity contribution in [3.63, 3.8) is 0 Å². The molecule has 0 fully saturated rings. The average molecular weight is 265 g/mol. The van der Waals surface area contributed by atoms with Gasteiger partial charge in [-0.15, -0.1) is 0 Å². The molecule has 0 aliphatic heterocycles. The van der Waals surface area contributed by atoms with Gasteiger partial charge < -0.3 is 15.3 Å². The van der Waals surface area contributed by atoms with E-state index in [1.54, 1.807) is 19.1 Å². The SMILES string of the molecule is CN(C)CC(C)(O)CNCc1ccc(C#N)cc1F. The molecule has 2 N–H and O–H groups in total. The average Bonchev–Trinajstić information content (AvgIpc) is 2.29. The molecule has 1 aromatic rings. The summed E-state index contributed by atoms with van der Waals surface area (Å²) in [6, 6.07) is 6.27. The summed E-state index contributed by atoms with van der Waals surface area (Å²) >= 11 is 0. The van der Waals surface area contributed by atoms with E-state index < -0.39 is 11.4 Å². The van der Waals surface area contributed by atoms with Crippen LogP contribution in [0.2, 0.25) is 0 Å². The van der Waals surface area contributed by atoms with Crippen LogP contribution in [0.15, 0.2) is 18.2 Å². The zero-order valence-corrected chi connectivity index (χ0v) is 11.6. The van der Waals surface area contributed by atoms with Gasteiger partial charge >= 0.3 is 0 Å². The van der Waals surface area contributed by atoms with Crippen LogP contribution in [0.5, 0.6) is 0 Å². The molecular formula is C14H20FN3O. The number of likely N-dealkylation sites (N-methyl/N-ethyl adjacent to an activating group) is 1. The van der Waals surface area contributed by atoms with Crippen molar-refractivity contribution in [2.24, 2.45) is 0 Å². The number of rotatable bonds is 6. The summed E-state index contributed by atoms with van der Waals surface area (Å²) in [6.07, 6.45) is 0. The van der Waals surface area contributed by atoms with Gasteiger partial charge in [0.1, 0.15) is 5.82 Å². The number of nitrogens with one attached hydrogen (secondary N) is 1. The van der Waals surface area contributed by atoms with E-state index in [0.717, 1.165) is 0 Å². The molecule has 0 saturated carbocycles. The minimum atomic E-state index is -0.868. The minimum Gasteiger partial charge on any atom is -0.388 e. The van der Waals surface area contributed by atoms with Gasteiger partial charge in [-0.1, -0.05) is 6.07 Å². The van der Waals surface area contributed by atoms with Crippen LogP contribution in [0.1, 0.15) is 18.1 Å². The lowest BCUT2D eigenvalue weighted by molar-refractivity contribution is 0.0335. The number of aliphatic hydroxyl groups is 1. The van der Waals surface area contributed by atoms with Crippen LogP contribution < -0.4 is 5.32 Å². The van der Waals surface area contributed by atoms with Gasteiger partial charge in [-0.3, -0.25) is 0 Å². The third-order valence-electron chi connectivity index (χ3n) is 2.66. The normalized spacial score (nSPS) is 14.2. The molecule has 0 aliphatic carbocycles. The van der Waals surface area contributed by atoms with Crippen LogP contribution in [0.3, 0.4) is 0 Å². The molecule has 1 atom stereocenters. The molecule has 0 heterocycles. The zero-order valence-electron chi connectivity index (χ0n) is 11.6. The molecule has 19 heavy (non-hydrogen) atoms. The van der Waals surface area contributed by atoms with E-state index in [9.17, 15) is 9.50 Å². The van der Waals surface area contributed by atoms with E-state index in [1.165, 1.54) is 6.07 Å². The van der Waals surface area contributed by atoms with Gasteiger partial charge in [0.2, 0.25) is 0 Å². The van der Waals surface area contributed by atoms with Crippen LogP contribution in [-0.2, 0) is 6.54 Å². The molecule has 0 saturated heterocycles. The zero-order chi connectivity index (χ0) is 14.5. The second-order valence-electron chi connectivity index (χ2n) is 5.26. The molecule has 1 unspecified atom stereocenters. The standard InChI is InChI=1S/C14H20FN3O/c1-14(19,10-18(2)3)9-17-8-12-5-4-11(7-16)6-13(12)15/h4-6,17,19H,8-10H2,1-3H3. The van der Waals surface area contributed by atoms with Crippen molar-refractivity contribution < 1.29 is 9.50 Å². The number of hydrogen-bond acceptors (Lipinski definition) is 4. The molecule has 0 spiro atoms. The van der Waals surface area contributed by atoms with E-state index in [4.69, 9.17) is 5.26 Å². The Labute approximate surface area is 113 Å². The lowest BCUT2D eigenvalue weighted by Crippen LogP contribution is -2.45. The fraction of sp³-hybridized carbons (Fsp3) is 0.500. The molecule has 1 aromatic carbocycles. The lowest BCUT2D eigenvalue weighted by Gasteiger charge is -2.27. The lowest BCUT2D eigenvalue weighted by atomic mass is 10.1. The summed E-state index contributed by atoms with van der Waals surface area (Å²) in [5.74, 6) is -0.404. The van der Waals surface area contributed by atoms with Crippen LogP contribution in [-0.4, -0.2) is 42.8 Å². The highest BCUT2D eigenvalue weighted by atomic mass is 19.1. The van der Waals surface area contributed by atoms with E-state index in [2.05, 4.69) is 5.32 Å². The summed E-state index contributed by atoms with van der Waals surface area (Å²) in [7, 11) is 3.77. The Bertz CT molecular complexity index is 466. The molecule has 0 bridgehead atoms. The molecule has 0 aromatic heterocycles. The number of hydrogen-bond donors (Lipinski definition) is 2. The topological polar surface area (TPSA) is 59.3 Å². The van der Waals surface area contributed by atoms with Crippen molar-refractivity contribution in [2.75, 3.05) is 27.2 Å². The predicted octanol–water partition coefficient (Wildman–Crippen LogP) is 1.10. The first-order valence-corrected chi connectivity index (χ1v) is 6.10. The van der Waals surface area contributed by atoms with E-state index in [-0.39, 0.29) is 0 Å². The molecule has 5 heteroatoms. The Morgan fingerprint density at radius 2 is 2.16 bits per heavy atom. The molecule has 0 aliphatic rings. The molecule has 104 valence electrons. The largest absolute Gasteiger partial charge is 0.388 e. The Morgan fingerprint density at radius 1 is 1.47 bits per heavy atom. The first-order chi connectivity index (χ1) is 8.84. The summed E-state index contributed by atoms with van der Waals surface area (Å²) in [6.45, 7) is 2.94. The minimum absolute atomic E-state index is 0.306. The van der Waals surface area contributed by atoms with Crippen molar-refractivity contribution in [1.29, 1.82) is 5.26 Å². The summed E-state index contributed by atoms with van der Waals surface area (Å²) < 4.78 is 13.6. The van der Waals surface area contributed by atoms with Gasteiger partial charge in [-0.25, -0.2) is 4.39 Å². The van der Waals surface area contributed by atoms with E-state index in [0.29, 0.717) is 30.8 Å². The maximum atomic E-state index is 13.6. The number of nitrogens with zero attached hydrogens (tertiary/aromatic N) is 2. The van der Waals surface area contributed by atoms with Crippen molar-refractivity contribution in [2.45, 2.75) is 19.1 Å². The Balaban J connectivity index is 2.52. The maximum absolute atomic E-state index is 13.6. The second-order valence-corrected chi connectivity index (χ2v) is 5.26. The predicted molar refractivity (Wildman–Crippen MR) is 72.0 cm³/mol. The quantitative estimate of drug-likeness (QED) is 0.808. The van der Waals surface area contributed by atoms with Crippen molar-refractivity contribution in [3.8, 4) is 6.07 Å². The van der Waals surface area contributed by atoms with Crippen molar-refractivity contribution >= 4 is 0 Å². The van der Waals surface area contributed by atoms with Gasteiger partial charge in [0.25, 0.3) is 0 Å². The number of benzene rings is 1. The third kappa shape index (κ3) is 5.35. The second kappa shape index (κ2) is 6.62. The number of nitriles is 1. The Kier molecular flexibility index (Phi) is 5.43. The van der Waals surface area contributed by atoms with Gasteiger partial charge in [0.15, 0.2) is 0 Å². The molecule has 0 amide bonds. The van der Waals surface area contributed by atoms with Gasteiger partial charge in [-0.2, -0.15) is 5.26 Å². The van der Waals surface area contributed by atoms with E-state index in [1.807, 2.05) is 25.1 Å². The summed E-state index contributed by atoms with van der Waals surface area (Å²) in [5.41, 5.74) is -0.0763. The Morgan fingerprint density at radius 3 is 2.68 bits per heavy atom. The monoisotopic (exact) mass is 265 g/mol. The molecular weight excluding hydrogens is 245 g/mol. The summed E-state index contributed by atoms with van der Waals surface area (Å²) in [5, 5.41) is 21.7. The molecule has 0 radical (unpaired) electrons. The highest BCUT2D eigenvalue weighted by Gasteiger charge is 2.20. The Hall–Kier alpha value is -1.48. The summed E-state index contributed by atoms with van der Waals surface area (Å²) in [4.78, 5) is 1.89. The van der Waals surface area contributed by atoms with E-state index >= 15 is 0 Å². The highest BCUT2D eigenvalue weighted by molar-refractivity contribution is 5.32. The first-order valence-electron chi connectivity index (χ1n) is 6.10.